The first-order valence-corrected chi connectivity index (χ1v) is 9.77. The number of aromatic nitrogens is 2. The van der Waals surface area contributed by atoms with Crippen LogP contribution >= 0.6 is 11.6 Å². The molecule has 2 saturated heterocycles. The maximum Gasteiger partial charge on any atom is 0.408 e. The molecule has 28 heavy (non-hydrogen) atoms. The van der Waals surface area contributed by atoms with Crippen LogP contribution in [0, 0.1) is 10.1 Å². The fourth-order valence-corrected chi connectivity index (χ4v) is 4.56. The summed E-state index contributed by atoms with van der Waals surface area (Å²) in [5.41, 5.74) is 1.49. The van der Waals surface area contributed by atoms with Gasteiger partial charge in [0.1, 0.15) is 0 Å². The number of hydrogen-bond donors (Lipinski definition) is 1. The number of nitrogens with zero attached hydrogens (tertiary/aromatic N) is 4. The minimum absolute atomic E-state index is 0.00749. The van der Waals surface area contributed by atoms with Crippen molar-refractivity contribution >= 4 is 23.3 Å². The van der Waals surface area contributed by atoms with E-state index in [4.69, 9.17) is 11.6 Å². The van der Waals surface area contributed by atoms with Gasteiger partial charge in [-0.1, -0.05) is 23.7 Å². The van der Waals surface area contributed by atoms with Gasteiger partial charge < -0.3 is 20.3 Å². The molecule has 2 fully saturated rings. The van der Waals surface area contributed by atoms with Crippen LogP contribution in [-0.4, -0.2) is 50.7 Å². The second-order valence-corrected chi connectivity index (χ2v) is 8.05. The summed E-state index contributed by atoms with van der Waals surface area (Å²) < 4.78 is 1.42. The third-order valence-corrected chi connectivity index (χ3v) is 6.13. The van der Waals surface area contributed by atoms with E-state index in [1.54, 1.807) is 12.1 Å². The van der Waals surface area contributed by atoms with E-state index in [1.165, 1.54) is 23.7 Å². The van der Waals surface area contributed by atoms with Crippen LogP contribution in [0.2, 0.25) is 5.02 Å². The molecule has 8 nitrogen and oxygen atoms in total. The molecule has 1 aromatic carbocycles. The van der Waals surface area contributed by atoms with E-state index in [0.717, 1.165) is 18.4 Å². The lowest BCUT2D eigenvalue weighted by atomic mass is 9.97. The number of rotatable bonds is 5. The predicted octanol–water partition coefficient (Wildman–Crippen LogP) is 2.85. The van der Waals surface area contributed by atoms with Crippen LogP contribution in [0.25, 0.3) is 0 Å². The maximum absolute atomic E-state index is 12.6. The third-order valence-electron chi connectivity index (χ3n) is 5.87. The standard InChI is InChI=1S/C19H22ClN5O3/c1-23-15-6-7-16(23)9-14(8-15)21-19(26)13-4-2-12(3-5-13)10-24-11-17(20)18(22-24)25(27)28/h2-5,11,14-16H,6-10H2,1H3,(H,21,26). The second kappa shape index (κ2) is 7.52. The molecule has 1 amide bonds. The first-order chi connectivity index (χ1) is 13.4. The van der Waals surface area contributed by atoms with E-state index in [-0.39, 0.29) is 22.8 Å². The van der Waals surface area contributed by atoms with Gasteiger partial charge in [-0.05, 0) is 55.4 Å². The van der Waals surface area contributed by atoms with Crippen LogP contribution in [0.5, 0.6) is 0 Å². The molecule has 0 spiro atoms. The number of amides is 1. The van der Waals surface area contributed by atoms with Crippen molar-refractivity contribution in [2.75, 3.05) is 7.05 Å². The largest absolute Gasteiger partial charge is 0.408 e. The van der Waals surface area contributed by atoms with Gasteiger partial charge in [0.15, 0.2) is 5.02 Å². The van der Waals surface area contributed by atoms with Crippen LogP contribution < -0.4 is 5.32 Å². The van der Waals surface area contributed by atoms with E-state index in [9.17, 15) is 14.9 Å². The molecule has 0 radical (unpaired) electrons. The zero-order valence-electron chi connectivity index (χ0n) is 15.5. The summed E-state index contributed by atoms with van der Waals surface area (Å²) in [5, 5.41) is 17.9. The molecule has 2 atom stereocenters. The van der Waals surface area contributed by atoms with Gasteiger partial charge in [0, 0.05) is 23.7 Å². The van der Waals surface area contributed by atoms with Gasteiger partial charge in [0.05, 0.1) is 17.8 Å². The first kappa shape index (κ1) is 18.9. The lowest BCUT2D eigenvalue weighted by molar-refractivity contribution is -0.389. The third kappa shape index (κ3) is 3.74. The number of piperidine rings is 1. The number of fused-ring (bicyclic) bond motifs is 2. The number of carbonyl (C=O) groups excluding carboxylic acids is 1. The highest BCUT2D eigenvalue weighted by Crippen LogP contribution is 2.34. The summed E-state index contributed by atoms with van der Waals surface area (Å²) in [4.78, 5) is 25.3. The molecule has 2 aliphatic heterocycles. The van der Waals surface area contributed by atoms with Gasteiger partial charge in [0.25, 0.3) is 5.91 Å². The Kier molecular flexibility index (Phi) is 5.07. The number of halogens is 1. The Morgan fingerprint density at radius 1 is 1.29 bits per heavy atom. The van der Waals surface area contributed by atoms with Gasteiger partial charge in [-0.15, -0.1) is 0 Å². The molecule has 9 heteroatoms. The van der Waals surface area contributed by atoms with Gasteiger partial charge in [-0.25, -0.2) is 0 Å². The zero-order valence-corrected chi connectivity index (χ0v) is 16.3. The number of nitro groups is 1. The van der Waals surface area contributed by atoms with Gasteiger partial charge in [-0.2, -0.15) is 4.68 Å². The molecule has 0 aliphatic carbocycles. The SMILES string of the molecule is CN1C2CCC1CC(NC(=O)c1ccc(Cn3cc(Cl)c([N+](=O)[O-])n3)cc1)C2. The topological polar surface area (TPSA) is 93.3 Å². The van der Waals surface area contributed by atoms with Crippen molar-refractivity contribution < 1.29 is 9.72 Å². The minimum Gasteiger partial charge on any atom is -0.358 e. The lowest BCUT2D eigenvalue weighted by Gasteiger charge is -2.36. The summed E-state index contributed by atoms with van der Waals surface area (Å²) in [6, 6.07) is 8.59. The maximum atomic E-state index is 12.6. The van der Waals surface area contributed by atoms with Crippen molar-refractivity contribution in [2.24, 2.45) is 0 Å². The van der Waals surface area contributed by atoms with Crippen molar-refractivity contribution in [1.29, 1.82) is 0 Å². The molecular formula is C19H22ClN5O3. The minimum atomic E-state index is -0.610. The number of nitrogens with one attached hydrogen (secondary N) is 1. The fraction of sp³-hybridized carbons (Fsp3) is 0.474. The molecule has 1 N–H and O–H groups in total. The Labute approximate surface area is 167 Å². The molecule has 1 aromatic heterocycles. The van der Waals surface area contributed by atoms with E-state index >= 15 is 0 Å². The van der Waals surface area contributed by atoms with Crippen LogP contribution in [0.4, 0.5) is 5.82 Å². The fourth-order valence-electron chi connectivity index (χ4n) is 4.34. The van der Waals surface area contributed by atoms with Crippen molar-refractivity contribution in [1.82, 2.24) is 20.0 Å². The van der Waals surface area contributed by atoms with Crippen molar-refractivity contribution in [2.45, 2.75) is 50.4 Å². The van der Waals surface area contributed by atoms with E-state index in [0.29, 0.717) is 24.2 Å². The average molecular weight is 404 g/mol. The number of benzene rings is 1. The Hall–Kier alpha value is -2.45. The first-order valence-electron chi connectivity index (χ1n) is 9.40. The van der Waals surface area contributed by atoms with Crippen LogP contribution in [0.3, 0.4) is 0 Å². The van der Waals surface area contributed by atoms with Crippen LogP contribution in [0.15, 0.2) is 30.5 Å². The smallest absolute Gasteiger partial charge is 0.358 e. The molecule has 2 aliphatic rings. The summed E-state index contributed by atoms with van der Waals surface area (Å²) in [6.07, 6.45) is 5.88. The number of carbonyl (C=O) groups is 1. The van der Waals surface area contributed by atoms with Crippen LogP contribution in [0.1, 0.15) is 41.6 Å². The Balaban J connectivity index is 1.37. The monoisotopic (exact) mass is 403 g/mol. The quantitative estimate of drug-likeness (QED) is 0.612. The molecule has 4 rings (SSSR count). The highest BCUT2D eigenvalue weighted by molar-refractivity contribution is 6.32. The van der Waals surface area contributed by atoms with Crippen molar-refractivity contribution in [3.63, 3.8) is 0 Å². The normalized spacial score (nSPS) is 24.3. The molecular weight excluding hydrogens is 382 g/mol. The van der Waals surface area contributed by atoms with Gasteiger partial charge >= 0.3 is 5.82 Å². The van der Waals surface area contributed by atoms with E-state index < -0.39 is 4.92 Å². The zero-order chi connectivity index (χ0) is 19.8. The lowest BCUT2D eigenvalue weighted by Crippen LogP contribution is -2.48. The summed E-state index contributed by atoms with van der Waals surface area (Å²) >= 11 is 5.82. The second-order valence-electron chi connectivity index (χ2n) is 7.64. The molecule has 0 saturated carbocycles. The Bertz CT molecular complexity index is 883. The summed E-state index contributed by atoms with van der Waals surface area (Å²) in [7, 11) is 2.18. The summed E-state index contributed by atoms with van der Waals surface area (Å²) in [6.45, 7) is 0.341. The van der Waals surface area contributed by atoms with E-state index in [2.05, 4.69) is 22.4 Å². The number of hydrogen-bond acceptors (Lipinski definition) is 5. The molecule has 148 valence electrons. The Morgan fingerprint density at radius 3 is 2.50 bits per heavy atom. The van der Waals surface area contributed by atoms with Gasteiger partial charge in [0.2, 0.25) is 0 Å². The predicted molar refractivity (Wildman–Crippen MR) is 104 cm³/mol. The van der Waals surface area contributed by atoms with Crippen molar-refractivity contribution in [3.05, 3.63) is 56.7 Å². The highest BCUT2D eigenvalue weighted by atomic mass is 35.5. The molecule has 2 unspecified atom stereocenters. The molecule has 3 heterocycles. The van der Waals surface area contributed by atoms with Crippen molar-refractivity contribution in [3.8, 4) is 0 Å². The summed E-state index contributed by atoms with van der Waals surface area (Å²) in [5.74, 6) is -0.414. The van der Waals surface area contributed by atoms with Gasteiger partial charge in [-0.3, -0.25) is 4.79 Å². The Morgan fingerprint density at radius 2 is 1.93 bits per heavy atom. The highest BCUT2D eigenvalue weighted by Gasteiger charge is 2.38. The molecule has 2 bridgehead atoms. The van der Waals surface area contributed by atoms with E-state index in [1.807, 2.05) is 12.1 Å². The molecule has 2 aromatic rings. The average Bonchev–Trinajstić information content (AvgIpc) is 3.10. The van der Waals surface area contributed by atoms with Crippen LogP contribution in [-0.2, 0) is 6.54 Å².